The van der Waals surface area contributed by atoms with Gasteiger partial charge in [-0.2, -0.15) is 0 Å². The number of anilines is 1. The number of nitrogens with zero attached hydrogens (tertiary/aromatic N) is 2. The van der Waals surface area contributed by atoms with Gasteiger partial charge in [-0.3, -0.25) is 9.98 Å². The van der Waals surface area contributed by atoms with Crippen LogP contribution in [0.25, 0.3) is 0 Å². The van der Waals surface area contributed by atoms with E-state index in [0.29, 0.717) is 6.54 Å². The number of benzodiazepines with no additional fused rings is 1. The van der Waals surface area contributed by atoms with Gasteiger partial charge in [0.15, 0.2) is 0 Å². The minimum Gasteiger partial charge on any atom is -0.342 e. The minimum absolute atomic E-state index is 0.562. The van der Waals surface area contributed by atoms with Gasteiger partial charge in [0, 0.05) is 28.3 Å². The Morgan fingerprint density at radius 1 is 1.14 bits per heavy atom. The molecule has 0 radical (unpaired) electrons. The van der Waals surface area contributed by atoms with Crippen molar-refractivity contribution in [3.8, 4) is 0 Å². The van der Waals surface area contributed by atoms with E-state index in [1.54, 1.807) is 7.05 Å². The Morgan fingerprint density at radius 2 is 1.90 bits per heavy atom. The van der Waals surface area contributed by atoms with E-state index in [0.717, 1.165) is 32.8 Å². The first kappa shape index (κ1) is 14.0. The lowest BCUT2D eigenvalue weighted by atomic mass is 10.00. The van der Waals surface area contributed by atoms with Gasteiger partial charge >= 0.3 is 0 Å². The van der Waals surface area contributed by atoms with E-state index < -0.39 is 0 Å². The topological polar surface area (TPSA) is 36.8 Å². The van der Waals surface area contributed by atoms with Gasteiger partial charge in [-0.25, -0.2) is 0 Å². The molecule has 0 amide bonds. The summed E-state index contributed by atoms with van der Waals surface area (Å²) in [6.45, 7) is 2.65. The van der Waals surface area contributed by atoms with Crippen LogP contribution in [0.2, 0.25) is 0 Å². The maximum absolute atomic E-state index is 4.76. The second-order valence-electron chi connectivity index (χ2n) is 5.02. The van der Waals surface area contributed by atoms with Crippen LogP contribution in [0.15, 0.2) is 56.9 Å². The number of rotatable bonds is 1. The average Bonchev–Trinajstić information content (AvgIpc) is 2.67. The summed E-state index contributed by atoms with van der Waals surface area (Å²) in [5.74, 6) is 0.876. The highest BCUT2D eigenvalue weighted by Gasteiger charge is 2.17. The zero-order valence-corrected chi connectivity index (χ0v) is 13.6. The Hall–Kier alpha value is -1.94. The predicted octanol–water partition coefficient (Wildman–Crippen LogP) is 4.05. The van der Waals surface area contributed by atoms with Crippen molar-refractivity contribution < 1.29 is 0 Å². The summed E-state index contributed by atoms with van der Waals surface area (Å²) >= 11 is 3.55. The van der Waals surface area contributed by atoms with E-state index >= 15 is 0 Å². The first-order chi connectivity index (χ1) is 10.2. The third kappa shape index (κ3) is 2.90. The van der Waals surface area contributed by atoms with Crippen molar-refractivity contribution in [2.75, 3.05) is 18.9 Å². The van der Waals surface area contributed by atoms with Gasteiger partial charge in [-0.05, 0) is 25.1 Å². The Bertz CT molecular complexity index is 730. The second-order valence-corrected chi connectivity index (χ2v) is 5.93. The summed E-state index contributed by atoms with van der Waals surface area (Å²) < 4.78 is 1.04. The molecule has 0 aliphatic carbocycles. The predicted molar refractivity (Wildman–Crippen MR) is 92.8 cm³/mol. The van der Waals surface area contributed by atoms with Gasteiger partial charge in [-0.1, -0.05) is 45.8 Å². The maximum Gasteiger partial charge on any atom is 0.122 e. The van der Waals surface area contributed by atoms with Crippen LogP contribution >= 0.6 is 15.9 Å². The zero-order chi connectivity index (χ0) is 14.8. The second kappa shape index (κ2) is 5.82. The molecule has 0 atom stereocenters. The van der Waals surface area contributed by atoms with Crippen molar-refractivity contribution >= 4 is 33.2 Å². The SMILES string of the molecule is CN=C1CN=C(c2ccc(C)cc2)c2cc(Br)ccc2N1. The van der Waals surface area contributed by atoms with Gasteiger partial charge in [0.1, 0.15) is 5.84 Å². The molecule has 4 heteroatoms. The maximum atomic E-state index is 4.76. The molecule has 0 unspecified atom stereocenters. The largest absolute Gasteiger partial charge is 0.342 e. The molecule has 0 bridgehead atoms. The van der Waals surface area contributed by atoms with Gasteiger partial charge in [0.2, 0.25) is 0 Å². The van der Waals surface area contributed by atoms with Gasteiger partial charge in [-0.15, -0.1) is 0 Å². The Labute approximate surface area is 133 Å². The lowest BCUT2D eigenvalue weighted by Gasteiger charge is -2.11. The number of amidine groups is 1. The van der Waals surface area contributed by atoms with Crippen molar-refractivity contribution in [1.82, 2.24) is 0 Å². The van der Waals surface area contributed by atoms with Crippen molar-refractivity contribution in [2.24, 2.45) is 9.98 Å². The molecule has 3 rings (SSSR count). The third-order valence-electron chi connectivity index (χ3n) is 3.50. The van der Waals surface area contributed by atoms with E-state index in [1.807, 2.05) is 6.07 Å². The molecule has 0 fully saturated rings. The first-order valence-corrected chi connectivity index (χ1v) is 7.61. The molecular weight excluding hydrogens is 326 g/mol. The third-order valence-corrected chi connectivity index (χ3v) is 3.99. The summed E-state index contributed by atoms with van der Waals surface area (Å²) in [7, 11) is 1.78. The van der Waals surface area contributed by atoms with Crippen molar-refractivity contribution in [1.29, 1.82) is 0 Å². The zero-order valence-electron chi connectivity index (χ0n) is 12.0. The molecule has 2 aromatic carbocycles. The molecule has 1 aliphatic heterocycles. The van der Waals surface area contributed by atoms with E-state index in [2.05, 4.69) is 69.6 Å². The fourth-order valence-corrected chi connectivity index (χ4v) is 2.70. The van der Waals surface area contributed by atoms with E-state index in [4.69, 9.17) is 4.99 Å². The Balaban J connectivity index is 2.17. The molecule has 3 nitrogen and oxygen atoms in total. The number of aryl methyl sites for hydroxylation is 1. The first-order valence-electron chi connectivity index (χ1n) is 6.81. The number of nitrogens with one attached hydrogen (secondary N) is 1. The minimum atomic E-state index is 0.562. The quantitative estimate of drug-likeness (QED) is 0.834. The summed E-state index contributed by atoms with van der Waals surface area (Å²) in [5, 5.41) is 3.36. The number of benzene rings is 2. The molecule has 1 N–H and O–H groups in total. The molecule has 2 aromatic rings. The highest BCUT2D eigenvalue weighted by molar-refractivity contribution is 9.10. The van der Waals surface area contributed by atoms with Crippen LogP contribution in [0.5, 0.6) is 0 Å². The number of hydrogen-bond donors (Lipinski definition) is 1. The van der Waals surface area contributed by atoms with Crippen molar-refractivity contribution in [3.63, 3.8) is 0 Å². The number of aliphatic imine (C=N–C) groups is 2. The van der Waals surface area contributed by atoms with Crippen LogP contribution in [-0.4, -0.2) is 25.1 Å². The summed E-state index contributed by atoms with van der Waals surface area (Å²) in [6.07, 6.45) is 0. The van der Waals surface area contributed by atoms with Crippen LogP contribution < -0.4 is 5.32 Å². The average molecular weight is 342 g/mol. The number of hydrogen-bond acceptors (Lipinski definition) is 2. The smallest absolute Gasteiger partial charge is 0.122 e. The highest BCUT2D eigenvalue weighted by atomic mass is 79.9. The van der Waals surface area contributed by atoms with Gasteiger partial charge < -0.3 is 5.32 Å². The normalized spacial score (nSPS) is 16.0. The summed E-state index contributed by atoms with van der Waals surface area (Å²) in [5.41, 5.74) is 5.50. The number of halogens is 1. The van der Waals surface area contributed by atoms with E-state index in [1.165, 1.54) is 5.56 Å². The van der Waals surface area contributed by atoms with Gasteiger partial charge in [0.05, 0.1) is 12.3 Å². The lowest BCUT2D eigenvalue weighted by Crippen LogP contribution is -2.14. The van der Waals surface area contributed by atoms with E-state index in [9.17, 15) is 0 Å². The molecule has 21 heavy (non-hydrogen) atoms. The van der Waals surface area contributed by atoms with Crippen LogP contribution in [0.3, 0.4) is 0 Å². The van der Waals surface area contributed by atoms with Crippen LogP contribution in [-0.2, 0) is 0 Å². The van der Waals surface area contributed by atoms with Crippen molar-refractivity contribution in [3.05, 3.63) is 63.6 Å². The van der Waals surface area contributed by atoms with Crippen LogP contribution in [0.1, 0.15) is 16.7 Å². The van der Waals surface area contributed by atoms with E-state index in [-0.39, 0.29) is 0 Å². The van der Waals surface area contributed by atoms with Gasteiger partial charge in [0.25, 0.3) is 0 Å². The molecule has 1 aliphatic rings. The molecule has 1 heterocycles. The molecule has 0 spiro atoms. The van der Waals surface area contributed by atoms with Crippen LogP contribution in [0.4, 0.5) is 5.69 Å². The number of fused-ring (bicyclic) bond motifs is 1. The fraction of sp³-hybridized carbons (Fsp3) is 0.176. The molecule has 0 aromatic heterocycles. The van der Waals surface area contributed by atoms with Crippen molar-refractivity contribution in [2.45, 2.75) is 6.92 Å². The highest BCUT2D eigenvalue weighted by Crippen LogP contribution is 2.26. The lowest BCUT2D eigenvalue weighted by molar-refractivity contribution is 1.26. The summed E-state index contributed by atoms with van der Waals surface area (Å²) in [4.78, 5) is 9.02. The summed E-state index contributed by atoms with van der Waals surface area (Å²) in [6, 6.07) is 14.6. The Kier molecular flexibility index (Phi) is 3.88. The fourth-order valence-electron chi connectivity index (χ4n) is 2.34. The molecular formula is C17H16BrN3. The monoisotopic (exact) mass is 341 g/mol. The molecule has 0 saturated carbocycles. The standard InChI is InChI=1S/C17H16BrN3/c1-11-3-5-12(6-4-11)17-14-9-13(18)7-8-15(14)21-16(19-2)10-20-17/h3-9H,10H2,1-2H3,(H,19,21). The van der Waals surface area contributed by atoms with Crippen LogP contribution in [0, 0.1) is 6.92 Å². The molecule has 0 saturated heterocycles. The Morgan fingerprint density at radius 3 is 2.62 bits per heavy atom. The molecule has 106 valence electrons.